The van der Waals surface area contributed by atoms with Gasteiger partial charge in [-0.1, -0.05) is 18.2 Å². The van der Waals surface area contributed by atoms with Gasteiger partial charge in [0.25, 0.3) is 0 Å². The topological polar surface area (TPSA) is 99.3 Å². The molecule has 102 valence electrons. The highest BCUT2D eigenvalue weighted by Crippen LogP contribution is 2.25. The fourth-order valence-electron chi connectivity index (χ4n) is 2.36. The Labute approximate surface area is 111 Å². The molecule has 0 fully saturated rings. The quantitative estimate of drug-likeness (QED) is 0.652. The molecule has 2 rings (SSSR count). The third-order valence-electron chi connectivity index (χ3n) is 3.22. The number of aromatic amines is 1. The van der Waals surface area contributed by atoms with E-state index >= 15 is 0 Å². The van der Waals surface area contributed by atoms with E-state index in [9.17, 15) is 15.0 Å². The number of aliphatic hydroxyl groups is 1. The second-order valence-corrected chi connectivity index (χ2v) is 5.05. The van der Waals surface area contributed by atoms with Crippen LogP contribution in [0.25, 0.3) is 10.9 Å². The predicted molar refractivity (Wildman–Crippen MR) is 72.9 cm³/mol. The van der Waals surface area contributed by atoms with Crippen molar-refractivity contribution in [2.75, 3.05) is 0 Å². The molecule has 1 aromatic carbocycles. The van der Waals surface area contributed by atoms with Gasteiger partial charge in [-0.25, -0.2) is 4.79 Å². The van der Waals surface area contributed by atoms with Crippen LogP contribution < -0.4 is 5.73 Å². The lowest BCUT2D eigenvalue weighted by Crippen LogP contribution is -2.45. The van der Waals surface area contributed by atoms with Crippen LogP contribution in [0.2, 0.25) is 0 Å². The van der Waals surface area contributed by atoms with E-state index in [1.807, 2.05) is 24.3 Å². The lowest BCUT2D eigenvalue weighted by molar-refractivity contribution is -0.159. The zero-order chi connectivity index (χ0) is 14.0. The maximum atomic E-state index is 11.3. The van der Waals surface area contributed by atoms with Gasteiger partial charge in [-0.3, -0.25) is 0 Å². The fraction of sp³-hybridized carbons (Fsp3) is 0.357. The number of rotatable bonds is 5. The first kappa shape index (κ1) is 13.6. The number of H-pyrrole nitrogens is 1. The minimum atomic E-state index is -1.83. The first-order valence-electron chi connectivity index (χ1n) is 6.19. The monoisotopic (exact) mass is 262 g/mol. The van der Waals surface area contributed by atoms with Crippen molar-refractivity contribution in [3.63, 3.8) is 0 Å². The number of carboxylic acids is 1. The molecular formula is C14H18N2O3. The van der Waals surface area contributed by atoms with Crippen LogP contribution in [0.5, 0.6) is 0 Å². The third-order valence-corrected chi connectivity index (χ3v) is 3.22. The highest BCUT2D eigenvalue weighted by atomic mass is 16.4. The van der Waals surface area contributed by atoms with Crippen molar-refractivity contribution in [1.82, 2.24) is 4.98 Å². The number of carboxylic acid groups (broad SMARTS) is 1. The summed E-state index contributed by atoms with van der Waals surface area (Å²) in [4.78, 5) is 14.4. The van der Waals surface area contributed by atoms with E-state index < -0.39 is 11.6 Å². The summed E-state index contributed by atoms with van der Waals surface area (Å²) in [5.41, 5.74) is 5.49. The maximum absolute atomic E-state index is 11.3. The Bertz CT molecular complexity index is 591. The first-order chi connectivity index (χ1) is 8.92. The van der Waals surface area contributed by atoms with Gasteiger partial charge in [0.05, 0.1) is 0 Å². The lowest BCUT2D eigenvalue weighted by atomic mass is 9.88. The van der Waals surface area contributed by atoms with Gasteiger partial charge in [0, 0.05) is 36.0 Å². The van der Waals surface area contributed by atoms with E-state index in [-0.39, 0.29) is 18.9 Å². The van der Waals surface area contributed by atoms with Crippen molar-refractivity contribution in [3.8, 4) is 0 Å². The van der Waals surface area contributed by atoms with Gasteiger partial charge in [-0.15, -0.1) is 0 Å². The Morgan fingerprint density at radius 2 is 2.16 bits per heavy atom. The summed E-state index contributed by atoms with van der Waals surface area (Å²) in [6.45, 7) is 1.68. The van der Waals surface area contributed by atoms with Gasteiger partial charge in [-0.2, -0.15) is 0 Å². The summed E-state index contributed by atoms with van der Waals surface area (Å²) in [7, 11) is 0. The number of nitrogens with two attached hydrogens (primary N) is 1. The number of aromatic nitrogens is 1. The minimum Gasteiger partial charge on any atom is -0.479 e. The van der Waals surface area contributed by atoms with E-state index in [2.05, 4.69) is 4.98 Å². The van der Waals surface area contributed by atoms with Crippen LogP contribution in [0.3, 0.4) is 0 Å². The molecule has 2 aromatic rings. The molecule has 1 aromatic heterocycles. The van der Waals surface area contributed by atoms with Crippen molar-refractivity contribution >= 4 is 16.9 Å². The average molecular weight is 262 g/mol. The van der Waals surface area contributed by atoms with Crippen molar-refractivity contribution in [2.24, 2.45) is 5.73 Å². The molecule has 2 atom stereocenters. The zero-order valence-electron chi connectivity index (χ0n) is 10.8. The molecule has 0 bridgehead atoms. The normalized spacial score (nSPS) is 16.2. The summed E-state index contributed by atoms with van der Waals surface area (Å²) in [6, 6.07) is 7.20. The van der Waals surface area contributed by atoms with Crippen LogP contribution in [0.4, 0.5) is 0 Å². The number of nitrogens with one attached hydrogen (secondary N) is 1. The highest BCUT2D eigenvalue weighted by molar-refractivity contribution is 5.85. The molecule has 0 aliphatic heterocycles. The van der Waals surface area contributed by atoms with Gasteiger partial charge in [0.2, 0.25) is 0 Å². The van der Waals surface area contributed by atoms with Crippen LogP contribution in [-0.4, -0.2) is 32.8 Å². The van der Waals surface area contributed by atoms with Crippen LogP contribution in [-0.2, 0) is 11.2 Å². The van der Waals surface area contributed by atoms with Crippen LogP contribution in [0.15, 0.2) is 30.5 Å². The number of fused-ring (bicyclic) bond motifs is 1. The van der Waals surface area contributed by atoms with E-state index in [1.165, 1.54) is 0 Å². The maximum Gasteiger partial charge on any atom is 0.336 e. The molecule has 5 N–H and O–H groups in total. The van der Waals surface area contributed by atoms with E-state index in [4.69, 9.17) is 5.73 Å². The zero-order valence-corrected chi connectivity index (χ0v) is 10.8. The standard InChI is InChI=1S/C14H18N2O3/c1-9(15)6-14(19,13(17)18)7-10-8-16-12-5-3-2-4-11(10)12/h2-5,8-9,16,19H,6-7,15H2,1H3,(H,17,18)/t9-,14+/m1/s1. The summed E-state index contributed by atoms with van der Waals surface area (Å²) < 4.78 is 0. The molecule has 0 saturated heterocycles. The molecule has 1 heterocycles. The van der Waals surface area contributed by atoms with E-state index in [0.717, 1.165) is 16.5 Å². The molecule has 0 saturated carbocycles. The Hall–Kier alpha value is -1.85. The van der Waals surface area contributed by atoms with Crippen LogP contribution in [0, 0.1) is 0 Å². The van der Waals surface area contributed by atoms with Gasteiger partial charge in [-0.05, 0) is 18.6 Å². The first-order valence-corrected chi connectivity index (χ1v) is 6.19. The summed E-state index contributed by atoms with van der Waals surface area (Å²) in [5, 5.41) is 20.5. The van der Waals surface area contributed by atoms with Gasteiger partial charge in [0.1, 0.15) is 0 Å². The smallest absolute Gasteiger partial charge is 0.336 e. The number of hydrogen-bond acceptors (Lipinski definition) is 3. The van der Waals surface area contributed by atoms with Crippen LogP contribution >= 0.6 is 0 Å². The Morgan fingerprint density at radius 3 is 2.79 bits per heavy atom. The van der Waals surface area contributed by atoms with Crippen molar-refractivity contribution in [3.05, 3.63) is 36.0 Å². The fourth-order valence-corrected chi connectivity index (χ4v) is 2.36. The van der Waals surface area contributed by atoms with Gasteiger partial charge < -0.3 is 20.9 Å². The molecule has 5 nitrogen and oxygen atoms in total. The highest BCUT2D eigenvalue weighted by Gasteiger charge is 2.37. The van der Waals surface area contributed by atoms with Crippen LogP contribution in [0.1, 0.15) is 18.9 Å². The molecule has 0 radical (unpaired) electrons. The molecule has 5 heteroatoms. The molecule has 0 aliphatic carbocycles. The van der Waals surface area contributed by atoms with Gasteiger partial charge >= 0.3 is 5.97 Å². The molecule has 0 amide bonds. The van der Waals surface area contributed by atoms with E-state index in [0.29, 0.717) is 0 Å². The molecule has 0 spiro atoms. The Kier molecular flexibility index (Phi) is 3.59. The predicted octanol–water partition coefficient (Wildman–Crippen LogP) is 1.26. The second kappa shape index (κ2) is 5.03. The van der Waals surface area contributed by atoms with Crippen molar-refractivity contribution in [2.45, 2.75) is 31.4 Å². The summed E-state index contributed by atoms with van der Waals surface area (Å²) in [5.74, 6) is -1.24. The molecular weight excluding hydrogens is 244 g/mol. The minimum absolute atomic E-state index is 0.0157. The second-order valence-electron chi connectivity index (χ2n) is 5.05. The van der Waals surface area contributed by atoms with Gasteiger partial charge in [0.15, 0.2) is 5.60 Å². The molecule has 19 heavy (non-hydrogen) atoms. The summed E-state index contributed by atoms with van der Waals surface area (Å²) >= 11 is 0. The number of aliphatic carboxylic acids is 1. The number of hydrogen-bond donors (Lipinski definition) is 4. The van der Waals surface area contributed by atoms with Crippen molar-refractivity contribution < 1.29 is 15.0 Å². The average Bonchev–Trinajstić information content (AvgIpc) is 2.71. The number of para-hydroxylation sites is 1. The Morgan fingerprint density at radius 1 is 1.47 bits per heavy atom. The number of carbonyl (C=O) groups is 1. The van der Waals surface area contributed by atoms with E-state index in [1.54, 1.807) is 13.1 Å². The molecule has 0 unspecified atom stereocenters. The van der Waals surface area contributed by atoms with Crippen molar-refractivity contribution in [1.29, 1.82) is 0 Å². The number of benzene rings is 1. The Balaban J connectivity index is 2.34. The molecule has 0 aliphatic rings. The SMILES string of the molecule is C[C@@H](N)C[C@](O)(Cc1c[nH]c2ccccc12)C(=O)O. The third kappa shape index (κ3) is 2.77. The summed E-state index contributed by atoms with van der Waals surface area (Å²) in [6.07, 6.45) is 1.79. The lowest BCUT2D eigenvalue weighted by Gasteiger charge is -2.25. The largest absolute Gasteiger partial charge is 0.479 e.